The van der Waals surface area contributed by atoms with E-state index in [-0.39, 0.29) is 10.4 Å². The van der Waals surface area contributed by atoms with Gasteiger partial charge in [0.1, 0.15) is 0 Å². The molecule has 27 heavy (non-hydrogen) atoms. The maximum atomic E-state index is 13.0. The van der Waals surface area contributed by atoms with Crippen molar-refractivity contribution in [1.29, 1.82) is 0 Å². The van der Waals surface area contributed by atoms with Crippen molar-refractivity contribution in [3.05, 3.63) is 67.7 Å². The van der Waals surface area contributed by atoms with Gasteiger partial charge in [-0.15, -0.1) is 0 Å². The number of aryl methyl sites for hydroxylation is 2. The zero-order valence-corrected chi connectivity index (χ0v) is 15.6. The molecule has 140 valence electrons. The Kier molecular flexibility index (Phi) is 4.15. The number of anilines is 1. The summed E-state index contributed by atoms with van der Waals surface area (Å²) in [5.41, 5.74) is 2.35. The Bertz CT molecular complexity index is 1270. The van der Waals surface area contributed by atoms with E-state index in [4.69, 9.17) is 0 Å². The van der Waals surface area contributed by atoms with Gasteiger partial charge in [0.2, 0.25) is 0 Å². The van der Waals surface area contributed by atoms with Crippen LogP contribution in [0.2, 0.25) is 0 Å². The summed E-state index contributed by atoms with van der Waals surface area (Å²) in [4.78, 5) is 28.0. The van der Waals surface area contributed by atoms with Crippen LogP contribution in [0.4, 0.5) is 5.69 Å². The number of fused-ring (bicyclic) bond motifs is 2. The second-order valence-electron chi connectivity index (χ2n) is 6.83. The fraction of sp³-hybridized carbons (Fsp3) is 0.263. The molecule has 1 heterocycles. The standard InChI is InChI=1S/C19H19N3O4S/c1-11-9-15-16(21-19(24)18(23)20-15)10-17(11)27(25,26)22-14-8-4-6-12-5-2-3-7-13(12)14/h4,6,8-10,22H,2-3,5,7H2,1H3,(H,20,23)(H,21,24). The highest BCUT2D eigenvalue weighted by atomic mass is 32.2. The van der Waals surface area contributed by atoms with Gasteiger partial charge in [-0.2, -0.15) is 0 Å². The van der Waals surface area contributed by atoms with Crippen molar-refractivity contribution in [2.75, 3.05) is 4.72 Å². The molecule has 0 bridgehead atoms. The number of sulfonamides is 1. The number of aromatic amines is 2. The van der Waals surface area contributed by atoms with Gasteiger partial charge in [-0.25, -0.2) is 8.42 Å². The van der Waals surface area contributed by atoms with Gasteiger partial charge in [0.15, 0.2) is 0 Å². The van der Waals surface area contributed by atoms with Crippen molar-refractivity contribution >= 4 is 26.7 Å². The Balaban J connectivity index is 1.81. The molecular formula is C19H19N3O4S. The molecule has 0 amide bonds. The third-order valence-electron chi connectivity index (χ3n) is 4.95. The minimum Gasteiger partial charge on any atom is -0.316 e. The highest BCUT2D eigenvalue weighted by Gasteiger charge is 2.21. The van der Waals surface area contributed by atoms with E-state index in [0.717, 1.165) is 31.2 Å². The van der Waals surface area contributed by atoms with E-state index >= 15 is 0 Å². The fourth-order valence-corrected chi connectivity index (χ4v) is 4.97. The van der Waals surface area contributed by atoms with Crippen molar-refractivity contribution in [1.82, 2.24) is 9.97 Å². The molecule has 3 aromatic rings. The zero-order valence-electron chi connectivity index (χ0n) is 14.8. The molecule has 0 radical (unpaired) electrons. The third-order valence-corrected chi connectivity index (χ3v) is 6.45. The van der Waals surface area contributed by atoms with E-state index < -0.39 is 21.1 Å². The Morgan fingerprint density at radius 3 is 2.37 bits per heavy atom. The van der Waals surface area contributed by atoms with Gasteiger partial charge in [-0.05, 0) is 67.5 Å². The van der Waals surface area contributed by atoms with E-state index in [0.29, 0.717) is 16.8 Å². The first kappa shape index (κ1) is 17.5. The third kappa shape index (κ3) is 3.16. The largest absolute Gasteiger partial charge is 0.316 e. The molecule has 0 aliphatic heterocycles. The summed E-state index contributed by atoms with van der Waals surface area (Å²) >= 11 is 0. The van der Waals surface area contributed by atoms with Gasteiger partial charge in [-0.1, -0.05) is 12.1 Å². The van der Waals surface area contributed by atoms with Crippen molar-refractivity contribution in [3.63, 3.8) is 0 Å². The highest BCUT2D eigenvalue weighted by Crippen LogP contribution is 2.30. The number of aromatic nitrogens is 2. The lowest BCUT2D eigenvalue weighted by Crippen LogP contribution is -2.29. The normalized spacial score (nSPS) is 14.1. The highest BCUT2D eigenvalue weighted by molar-refractivity contribution is 7.92. The summed E-state index contributed by atoms with van der Waals surface area (Å²) in [7, 11) is -3.86. The van der Waals surface area contributed by atoms with Crippen LogP contribution in [0.1, 0.15) is 29.5 Å². The Morgan fingerprint density at radius 1 is 0.963 bits per heavy atom. The molecule has 1 aliphatic rings. The van der Waals surface area contributed by atoms with Gasteiger partial charge in [0, 0.05) is 0 Å². The zero-order chi connectivity index (χ0) is 19.2. The lowest BCUT2D eigenvalue weighted by molar-refractivity contribution is 0.600. The average Bonchev–Trinajstić information content (AvgIpc) is 2.63. The Labute approximate surface area is 155 Å². The van der Waals surface area contributed by atoms with Crippen molar-refractivity contribution < 1.29 is 8.42 Å². The predicted octanol–water partition coefficient (Wildman–Crippen LogP) is 2.20. The molecule has 0 saturated heterocycles. The van der Waals surface area contributed by atoms with Crippen LogP contribution in [-0.4, -0.2) is 18.4 Å². The fourth-order valence-electron chi connectivity index (χ4n) is 3.62. The van der Waals surface area contributed by atoms with E-state index in [9.17, 15) is 18.0 Å². The first-order valence-electron chi connectivity index (χ1n) is 8.76. The SMILES string of the molecule is Cc1cc2[nH]c(=O)c(=O)[nH]c2cc1S(=O)(=O)Nc1cccc2c1CCCC2. The molecule has 1 aliphatic carbocycles. The van der Waals surface area contributed by atoms with Gasteiger partial charge in [0.05, 0.1) is 21.6 Å². The minimum atomic E-state index is -3.86. The average molecular weight is 385 g/mol. The molecule has 3 N–H and O–H groups in total. The number of hydrogen-bond donors (Lipinski definition) is 3. The van der Waals surface area contributed by atoms with Crippen LogP contribution in [0.25, 0.3) is 11.0 Å². The van der Waals surface area contributed by atoms with Gasteiger partial charge < -0.3 is 9.97 Å². The second-order valence-corrected chi connectivity index (χ2v) is 8.48. The molecule has 8 heteroatoms. The van der Waals surface area contributed by atoms with Gasteiger partial charge in [0.25, 0.3) is 10.0 Å². The van der Waals surface area contributed by atoms with Crippen LogP contribution >= 0.6 is 0 Å². The van der Waals surface area contributed by atoms with Crippen LogP contribution in [-0.2, 0) is 22.9 Å². The van der Waals surface area contributed by atoms with Gasteiger partial charge >= 0.3 is 11.1 Å². The Morgan fingerprint density at radius 2 is 1.63 bits per heavy atom. The van der Waals surface area contributed by atoms with E-state index in [1.54, 1.807) is 19.1 Å². The quantitative estimate of drug-likeness (QED) is 0.600. The van der Waals surface area contributed by atoms with Crippen LogP contribution in [0.3, 0.4) is 0 Å². The van der Waals surface area contributed by atoms with Crippen molar-refractivity contribution in [2.24, 2.45) is 0 Å². The molecule has 0 unspecified atom stereocenters. The minimum absolute atomic E-state index is 0.0612. The maximum Gasteiger partial charge on any atom is 0.314 e. The van der Waals surface area contributed by atoms with Crippen molar-refractivity contribution in [2.45, 2.75) is 37.5 Å². The van der Waals surface area contributed by atoms with Gasteiger partial charge in [-0.3, -0.25) is 14.3 Å². The number of rotatable bonds is 3. The number of hydrogen-bond acceptors (Lipinski definition) is 4. The maximum absolute atomic E-state index is 13.0. The molecule has 0 spiro atoms. The molecule has 2 aromatic carbocycles. The first-order valence-corrected chi connectivity index (χ1v) is 10.2. The summed E-state index contributed by atoms with van der Waals surface area (Å²) in [5, 5.41) is 0. The lowest BCUT2D eigenvalue weighted by Gasteiger charge is -2.20. The summed E-state index contributed by atoms with van der Waals surface area (Å²) in [6.07, 6.45) is 3.95. The molecule has 4 rings (SSSR count). The van der Waals surface area contributed by atoms with Crippen LogP contribution in [0.15, 0.2) is 44.8 Å². The topological polar surface area (TPSA) is 112 Å². The second kappa shape index (κ2) is 6.38. The Hall–Kier alpha value is -2.87. The van der Waals surface area contributed by atoms with Crippen LogP contribution in [0, 0.1) is 6.92 Å². The van der Waals surface area contributed by atoms with Crippen LogP contribution in [0.5, 0.6) is 0 Å². The monoisotopic (exact) mass is 385 g/mol. The smallest absolute Gasteiger partial charge is 0.314 e. The number of nitrogens with one attached hydrogen (secondary N) is 3. The lowest BCUT2D eigenvalue weighted by atomic mass is 9.91. The summed E-state index contributed by atoms with van der Waals surface area (Å²) in [5.74, 6) is 0. The summed E-state index contributed by atoms with van der Waals surface area (Å²) in [6.45, 7) is 1.65. The number of benzene rings is 2. The van der Waals surface area contributed by atoms with E-state index in [1.807, 2.05) is 12.1 Å². The summed E-state index contributed by atoms with van der Waals surface area (Å²) in [6, 6.07) is 8.59. The van der Waals surface area contributed by atoms with Crippen LogP contribution < -0.4 is 15.8 Å². The number of H-pyrrole nitrogens is 2. The first-order chi connectivity index (χ1) is 12.8. The summed E-state index contributed by atoms with van der Waals surface area (Å²) < 4.78 is 28.8. The molecular weight excluding hydrogens is 366 g/mol. The molecule has 0 fully saturated rings. The predicted molar refractivity (Wildman–Crippen MR) is 104 cm³/mol. The van der Waals surface area contributed by atoms with E-state index in [1.165, 1.54) is 11.6 Å². The van der Waals surface area contributed by atoms with Crippen molar-refractivity contribution in [3.8, 4) is 0 Å². The molecule has 0 saturated carbocycles. The van der Waals surface area contributed by atoms with E-state index in [2.05, 4.69) is 14.7 Å². The molecule has 0 atom stereocenters. The molecule has 1 aromatic heterocycles. The molecule has 7 nitrogen and oxygen atoms in total.